The minimum absolute atomic E-state index is 0.155. The fourth-order valence-corrected chi connectivity index (χ4v) is 5.46. The van der Waals surface area contributed by atoms with Crippen LogP contribution in [0.3, 0.4) is 0 Å². The molecular formula is C31H31N3O4. The molecule has 3 aromatic rings. The van der Waals surface area contributed by atoms with Crippen LogP contribution in [0.25, 0.3) is 0 Å². The molecule has 2 aliphatic rings. The molecule has 0 fully saturated rings. The Bertz CT molecular complexity index is 1380. The highest BCUT2D eigenvalue weighted by atomic mass is 16.5. The van der Waals surface area contributed by atoms with Crippen molar-refractivity contribution in [1.29, 1.82) is 0 Å². The molecule has 7 heteroatoms. The number of para-hydroxylation sites is 1. The number of carbonyl (C=O) groups is 2. The molecule has 3 aromatic carbocycles. The number of allylic oxidation sites excluding steroid dienone is 1. The van der Waals surface area contributed by atoms with E-state index in [4.69, 9.17) is 14.6 Å². The van der Waals surface area contributed by atoms with Gasteiger partial charge in [-0.25, -0.2) is 4.79 Å². The Morgan fingerprint density at radius 2 is 1.68 bits per heavy atom. The topological polar surface area (TPSA) is 80.2 Å². The van der Waals surface area contributed by atoms with E-state index < -0.39 is 17.3 Å². The van der Waals surface area contributed by atoms with Crippen LogP contribution < -0.4 is 15.1 Å². The first kappa shape index (κ1) is 25.3. The number of ether oxygens (including phenoxy) is 2. The van der Waals surface area contributed by atoms with E-state index in [0.717, 1.165) is 16.9 Å². The fourth-order valence-electron chi connectivity index (χ4n) is 5.46. The minimum atomic E-state index is -1.05. The molecule has 1 amide bonds. The lowest BCUT2D eigenvalue weighted by molar-refractivity contribution is -0.139. The highest BCUT2D eigenvalue weighted by Crippen LogP contribution is 2.56. The van der Waals surface area contributed by atoms with Gasteiger partial charge in [0, 0.05) is 24.6 Å². The summed E-state index contributed by atoms with van der Waals surface area (Å²) in [5.41, 5.74) is 3.38. The lowest BCUT2D eigenvalue weighted by Crippen LogP contribution is -2.43. The number of rotatable bonds is 8. The van der Waals surface area contributed by atoms with Gasteiger partial charge in [0.25, 0.3) is 5.91 Å². The average molecular weight is 510 g/mol. The van der Waals surface area contributed by atoms with Crippen molar-refractivity contribution in [2.24, 2.45) is 10.5 Å². The number of hydrogen-bond donors (Lipinski definition) is 1. The summed E-state index contributed by atoms with van der Waals surface area (Å²) in [5.74, 6) is -0.355. The van der Waals surface area contributed by atoms with E-state index in [1.165, 1.54) is 5.01 Å². The number of esters is 1. The first-order valence-electron chi connectivity index (χ1n) is 12.8. The van der Waals surface area contributed by atoms with Gasteiger partial charge in [0.05, 0.1) is 30.7 Å². The van der Waals surface area contributed by atoms with Gasteiger partial charge in [0.15, 0.2) is 0 Å². The Hall–Kier alpha value is -4.39. The van der Waals surface area contributed by atoms with Gasteiger partial charge in [-0.2, -0.15) is 10.1 Å². The van der Waals surface area contributed by atoms with Crippen LogP contribution in [-0.4, -0.2) is 31.3 Å². The van der Waals surface area contributed by atoms with Gasteiger partial charge in [-0.15, -0.1) is 0 Å². The average Bonchev–Trinajstić information content (AvgIpc) is 3.43. The summed E-state index contributed by atoms with van der Waals surface area (Å²) in [6.45, 7) is 4.38. The normalized spacial score (nSPS) is 20.6. The molecule has 0 aromatic heterocycles. The van der Waals surface area contributed by atoms with Crippen molar-refractivity contribution in [2.75, 3.05) is 18.7 Å². The molecule has 2 atom stereocenters. The quantitative estimate of drug-likeness (QED) is 0.422. The van der Waals surface area contributed by atoms with Crippen molar-refractivity contribution in [3.63, 3.8) is 0 Å². The maximum atomic E-state index is 14.3. The van der Waals surface area contributed by atoms with Crippen molar-refractivity contribution in [3.8, 4) is 5.75 Å². The molecule has 1 spiro atoms. The summed E-state index contributed by atoms with van der Waals surface area (Å²) < 4.78 is 10.8. The van der Waals surface area contributed by atoms with Crippen molar-refractivity contribution in [1.82, 2.24) is 5.32 Å². The minimum Gasteiger partial charge on any atom is -0.497 e. The second kappa shape index (κ2) is 10.5. The first-order chi connectivity index (χ1) is 18.5. The van der Waals surface area contributed by atoms with Crippen LogP contribution in [0, 0.1) is 5.41 Å². The lowest BCUT2D eigenvalue weighted by atomic mass is 9.68. The number of carbonyl (C=O) groups excluding carboxylic acids is 2. The molecule has 1 aliphatic heterocycles. The molecule has 7 nitrogen and oxygen atoms in total. The Kier molecular flexibility index (Phi) is 7.01. The van der Waals surface area contributed by atoms with E-state index in [9.17, 15) is 9.59 Å². The number of anilines is 1. The van der Waals surface area contributed by atoms with Gasteiger partial charge in [0.1, 0.15) is 11.2 Å². The number of nitrogens with zero attached hydrogens (tertiary/aromatic N) is 2. The van der Waals surface area contributed by atoms with Crippen molar-refractivity contribution >= 4 is 23.3 Å². The van der Waals surface area contributed by atoms with Crippen LogP contribution in [0.15, 0.2) is 101 Å². The zero-order valence-corrected chi connectivity index (χ0v) is 21.8. The Balaban J connectivity index is 1.59. The lowest BCUT2D eigenvalue weighted by Gasteiger charge is -2.31. The summed E-state index contributed by atoms with van der Waals surface area (Å²) in [4.78, 5) is 27.9. The maximum absolute atomic E-state index is 14.3. The molecule has 1 heterocycles. The van der Waals surface area contributed by atoms with E-state index in [1.54, 1.807) is 14.0 Å². The number of nitrogens with one attached hydrogen (secondary N) is 1. The molecule has 0 radical (unpaired) electrons. The second-order valence-electron chi connectivity index (χ2n) is 9.44. The standard InChI is InChI=1S/C31H31N3O4/c1-4-38-29(35)27-26(32-20-22-15-17-25(37-3)18-16-22)19-31(28(27)23-11-7-5-8-12-23)21(2)33-34(30(31)36)24-13-9-6-10-14-24/h5-18,28,32H,4,19-20H2,1-3H3. The highest BCUT2D eigenvalue weighted by molar-refractivity contribution is 6.21. The Labute approximate surface area is 222 Å². The number of methoxy groups -OCH3 is 1. The molecule has 0 saturated carbocycles. The van der Waals surface area contributed by atoms with E-state index in [2.05, 4.69) is 5.32 Å². The van der Waals surface area contributed by atoms with E-state index in [-0.39, 0.29) is 12.5 Å². The molecule has 1 aliphatic carbocycles. The SMILES string of the molecule is CCOC(=O)C1=C(NCc2ccc(OC)cc2)CC2(C(=O)N(c3ccccc3)N=C2C)C1c1ccccc1. The number of hydrogen-bond acceptors (Lipinski definition) is 6. The van der Waals surface area contributed by atoms with Crippen LogP contribution in [0.5, 0.6) is 5.75 Å². The second-order valence-corrected chi connectivity index (χ2v) is 9.44. The molecule has 0 saturated heterocycles. The van der Waals surface area contributed by atoms with E-state index in [0.29, 0.717) is 35.6 Å². The predicted molar refractivity (Wildman–Crippen MR) is 147 cm³/mol. The fraction of sp³-hybridized carbons (Fsp3) is 0.258. The monoisotopic (exact) mass is 509 g/mol. The van der Waals surface area contributed by atoms with Gasteiger partial charge in [-0.1, -0.05) is 60.7 Å². The molecule has 194 valence electrons. The molecule has 0 bridgehead atoms. The molecule has 1 N–H and O–H groups in total. The summed E-state index contributed by atoms with van der Waals surface area (Å²) in [6, 6.07) is 26.8. The zero-order valence-electron chi connectivity index (χ0n) is 21.8. The predicted octanol–water partition coefficient (Wildman–Crippen LogP) is 5.20. The Morgan fingerprint density at radius 1 is 1.03 bits per heavy atom. The van der Waals surface area contributed by atoms with E-state index in [1.807, 2.05) is 91.9 Å². The number of benzene rings is 3. The highest BCUT2D eigenvalue weighted by Gasteiger charge is 2.61. The third kappa shape index (κ3) is 4.34. The van der Waals surface area contributed by atoms with Crippen LogP contribution >= 0.6 is 0 Å². The van der Waals surface area contributed by atoms with Gasteiger partial charge in [-0.05, 0) is 49.2 Å². The molecular weight excluding hydrogens is 478 g/mol. The molecule has 5 rings (SSSR count). The summed E-state index contributed by atoms with van der Waals surface area (Å²) in [5, 5.41) is 9.70. The van der Waals surface area contributed by atoms with E-state index >= 15 is 0 Å². The van der Waals surface area contributed by atoms with Crippen LogP contribution in [0.1, 0.15) is 37.3 Å². The van der Waals surface area contributed by atoms with Crippen LogP contribution in [0.4, 0.5) is 5.69 Å². The first-order valence-corrected chi connectivity index (χ1v) is 12.8. The number of amides is 1. The van der Waals surface area contributed by atoms with Gasteiger partial charge < -0.3 is 14.8 Å². The van der Waals surface area contributed by atoms with Crippen molar-refractivity contribution in [2.45, 2.75) is 32.7 Å². The van der Waals surface area contributed by atoms with Gasteiger partial charge >= 0.3 is 5.97 Å². The van der Waals surface area contributed by atoms with Crippen molar-refractivity contribution in [3.05, 3.63) is 107 Å². The van der Waals surface area contributed by atoms with Crippen molar-refractivity contribution < 1.29 is 19.1 Å². The third-order valence-electron chi connectivity index (χ3n) is 7.33. The largest absolute Gasteiger partial charge is 0.497 e. The van der Waals surface area contributed by atoms with Crippen LogP contribution in [0.2, 0.25) is 0 Å². The Morgan fingerprint density at radius 3 is 2.32 bits per heavy atom. The summed E-state index contributed by atoms with van der Waals surface area (Å²) >= 11 is 0. The smallest absolute Gasteiger partial charge is 0.336 e. The summed E-state index contributed by atoms with van der Waals surface area (Å²) in [6.07, 6.45) is 0.314. The molecule has 2 unspecified atom stereocenters. The third-order valence-corrected chi connectivity index (χ3v) is 7.33. The zero-order chi connectivity index (χ0) is 26.7. The number of hydrazone groups is 1. The van der Waals surface area contributed by atoms with Crippen LogP contribution in [-0.2, 0) is 20.9 Å². The maximum Gasteiger partial charge on any atom is 0.336 e. The molecule has 38 heavy (non-hydrogen) atoms. The van der Waals surface area contributed by atoms with Gasteiger partial charge in [0.2, 0.25) is 0 Å². The van der Waals surface area contributed by atoms with Gasteiger partial charge in [-0.3, -0.25) is 4.79 Å². The summed E-state index contributed by atoms with van der Waals surface area (Å²) in [7, 11) is 1.63.